The number of nitrogens with one attached hydrogen (secondary N) is 1. The molecule has 6 heteroatoms. The summed E-state index contributed by atoms with van der Waals surface area (Å²) in [6.07, 6.45) is 6.79. The van der Waals surface area contributed by atoms with E-state index in [1.165, 1.54) is 24.6 Å². The van der Waals surface area contributed by atoms with Crippen molar-refractivity contribution < 1.29 is 4.79 Å². The predicted octanol–water partition coefficient (Wildman–Crippen LogP) is 5.96. The minimum atomic E-state index is -0.337. The SMILES string of the molecule is O=C(CSC1=NC2(CCCCCC2)N=C1c1ccccc1)Nc1ccc(Cl)cc1. The summed E-state index contributed by atoms with van der Waals surface area (Å²) in [7, 11) is 0. The van der Waals surface area contributed by atoms with Crippen molar-refractivity contribution in [2.24, 2.45) is 9.98 Å². The molecule has 0 radical (unpaired) electrons. The third-order valence-electron chi connectivity index (χ3n) is 5.25. The number of benzene rings is 2. The molecule has 1 fully saturated rings. The summed E-state index contributed by atoms with van der Waals surface area (Å²) >= 11 is 7.38. The Morgan fingerprint density at radius 3 is 2.34 bits per heavy atom. The Morgan fingerprint density at radius 1 is 0.966 bits per heavy atom. The molecule has 0 saturated heterocycles. The molecule has 150 valence electrons. The van der Waals surface area contributed by atoms with Crippen LogP contribution in [0.3, 0.4) is 0 Å². The second kappa shape index (κ2) is 9.14. The number of aliphatic imine (C=N–C) groups is 2. The molecule has 1 aliphatic carbocycles. The van der Waals surface area contributed by atoms with Crippen LogP contribution in [-0.2, 0) is 4.79 Å². The smallest absolute Gasteiger partial charge is 0.234 e. The molecule has 2 aliphatic rings. The summed E-state index contributed by atoms with van der Waals surface area (Å²) in [5.41, 5.74) is 2.40. The zero-order chi connectivity index (χ0) is 20.1. The van der Waals surface area contributed by atoms with Crippen molar-refractivity contribution in [1.29, 1.82) is 0 Å². The van der Waals surface area contributed by atoms with Gasteiger partial charge >= 0.3 is 0 Å². The lowest BCUT2D eigenvalue weighted by atomic mass is 10.0. The Hall–Kier alpha value is -2.11. The fourth-order valence-electron chi connectivity index (χ4n) is 3.79. The van der Waals surface area contributed by atoms with Gasteiger partial charge in [-0.05, 0) is 49.9 Å². The van der Waals surface area contributed by atoms with Crippen LogP contribution in [0.25, 0.3) is 0 Å². The van der Waals surface area contributed by atoms with Gasteiger partial charge in [0.2, 0.25) is 5.91 Å². The number of hydrogen-bond acceptors (Lipinski definition) is 4. The third-order valence-corrected chi connectivity index (χ3v) is 6.47. The summed E-state index contributed by atoms with van der Waals surface area (Å²) < 4.78 is 0. The van der Waals surface area contributed by atoms with Crippen molar-refractivity contribution in [1.82, 2.24) is 0 Å². The number of carbonyl (C=O) groups is 1. The maximum absolute atomic E-state index is 12.5. The van der Waals surface area contributed by atoms with E-state index in [0.717, 1.165) is 47.7 Å². The van der Waals surface area contributed by atoms with E-state index in [-0.39, 0.29) is 11.6 Å². The molecule has 1 aliphatic heterocycles. The van der Waals surface area contributed by atoms with Crippen LogP contribution in [0.1, 0.15) is 44.1 Å². The largest absolute Gasteiger partial charge is 0.325 e. The number of rotatable bonds is 4. The van der Waals surface area contributed by atoms with Gasteiger partial charge in [0.25, 0.3) is 0 Å². The molecule has 0 unspecified atom stereocenters. The number of nitrogens with zero attached hydrogens (tertiary/aromatic N) is 2. The standard InChI is InChI=1S/C23H24ClN3OS/c24-18-10-12-19(13-11-18)25-20(28)16-29-22-21(17-8-4-3-5-9-17)26-23(27-22)14-6-1-2-7-15-23/h3-5,8-13H,1-2,6-7,14-16H2,(H,25,28). The number of hydrogen-bond donors (Lipinski definition) is 1. The van der Waals surface area contributed by atoms with Gasteiger partial charge < -0.3 is 5.32 Å². The zero-order valence-electron chi connectivity index (χ0n) is 16.2. The van der Waals surface area contributed by atoms with Crippen LogP contribution in [0.5, 0.6) is 0 Å². The monoisotopic (exact) mass is 425 g/mol. The van der Waals surface area contributed by atoms with Crippen molar-refractivity contribution in [3.8, 4) is 0 Å². The van der Waals surface area contributed by atoms with E-state index >= 15 is 0 Å². The normalized spacial score (nSPS) is 18.1. The fraction of sp³-hybridized carbons (Fsp3) is 0.348. The highest BCUT2D eigenvalue weighted by atomic mass is 35.5. The molecule has 0 bridgehead atoms. The second-order valence-corrected chi connectivity index (χ2v) is 8.88. The van der Waals surface area contributed by atoms with Crippen LogP contribution in [0.4, 0.5) is 5.69 Å². The number of carbonyl (C=O) groups excluding carboxylic acids is 1. The summed E-state index contributed by atoms with van der Waals surface area (Å²) in [6.45, 7) is 0. The van der Waals surface area contributed by atoms with Gasteiger partial charge in [-0.25, -0.2) is 4.99 Å². The minimum absolute atomic E-state index is 0.0609. The van der Waals surface area contributed by atoms with Crippen LogP contribution >= 0.6 is 23.4 Å². The molecule has 1 heterocycles. The Morgan fingerprint density at radius 2 is 1.66 bits per heavy atom. The number of amides is 1. The van der Waals surface area contributed by atoms with Gasteiger partial charge in [0, 0.05) is 16.3 Å². The Balaban J connectivity index is 1.49. The van der Waals surface area contributed by atoms with Gasteiger partial charge in [-0.1, -0.05) is 66.5 Å². The molecule has 2 aromatic carbocycles. The van der Waals surface area contributed by atoms with Gasteiger partial charge in [0.05, 0.1) is 11.5 Å². The lowest BCUT2D eigenvalue weighted by Crippen LogP contribution is -2.20. The van der Waals surface area contributed by atoms with Crippen molar-refractivity contribution in [2.75, 3.05) is 11.1 Å². The topological polar surface area (TPSA) is 53.8 Å². The summed E-state index contributed by atoms with van der Waals surface area (Å²) in [5, 5.41) is 4.44. The first-order valence-electron chi connectivity index (χ1n) is 10.1. The molecule has 4 rings (SSSR count). The lowest BCUT2D eigenvalue weighted by molar-refractivity contribution is -0.113. The first-order valence-corrected chi connectivity index (χ1v) is 11.4. The summed E-state index contributed by atoms with van der Waals surface area (Å²) in [5.74, 6) is 0.234. The molecule has 2 aromatic rings. The maximum atomic E-state index is 12.5. The van der Waals surface area contributed by atoms with Crippen molar-refractivity contribution >= 4 is 45.7 Å². The predicted molar refractivity (Wildman–Crippen MR) is 123 cm³/mol. The molecule has 29 heavy (non-hydrogen) atoms. The second-order valence-electron chi connectivity index (χ2n) is 7.48. The Kier molecular flexibility index (Phi) is 6.36. The zero-order valence-corrected chi connectivity index (χ0v) is 17.8. The molecule has 0 atom stereocenters. The summed E-state index contributed by atoms with van der Waals surface area (Å²) in [6, 6.07) is 17.3. The Labute approximate surface area is 180 Å². The van der Waals surface area contributed by atoms with Crippen molar-refractivity contribution in [3.63, 3.8) is 0 Å². The first kappa shape index (κ1) is 20.2. The van der Waals surface area contributed by atoms with Crippen LogP contribution < -0.4 is 5.32 Å². The Bertz CT molecular complexity index is 917. The van der Waals surface area contributed by atoms with E-state index in [4.69, 9.17) is 21.6 Å². The molecule has 4 nitrogen and oxygen atoms in total. The van der Waals surface area contributed by atoms with Gasteiger partial charge in [0.1, 0.15) is 5.04 Å². The van der Waals surface area contributed by atoms with Gasteiger partial charge in [-0.3, -0.25) is 9.79 Å². The first-order chi connectivity index (χ1) is 14.1. The van der Waals surface area contributed by atoms with E-state index in [2.05, 4.69) is 17.4 Å². The van der Waals surface area contributed by atoms with Gasteiger partial charge in [-0.2, -0.15) is 0 Å². The molecule has 1 amide bonds. The van der Waals surface area contributed by atoms with E-state index in [1.807, 2.05) is 18.2 Å². The highest BCUT2D eigenvalue weighted by molar-refractivity contribution is 8.16. The average Bonchev–Trinajstić information content (AvgIpc) is 2.93. The molecule has 1 spiro atoms. The van der Waals surface area contributed by atoms with Crippen LogP contribution in [0.2, 0.25) is 5.02 Å². The molecular weight excluding hydrogens is 402 g/mol. The highest BCUT2D eigenvalue weighted by Crippen LogP contribution is 2.37. The maximum Gasteiger partial charge on any atom is 0.234 e. The van der Waals surface area contributed by atoms with Gasteiger partial charge in [-0.15, -0.1) is 0 Å². The van der Waals surface area contributed by atoms with Crippen LogP contribution in [0.15, 0.2) is 64.6 Å². The van der Waals surface area contributed by atoms with E-state index in [0.29, 0.717) is 10.8 Å². The van der Waals surface area contributed by atoms with Crippen molar-refractivity contribution in [2.45, 2.75) is 44.2 Å². The molecular formula is C23H24ClN3OS. The number of anilines is 1. The summed E-state index contributed by atoms with van der Waals surface area (Å²) in [4.78, 5) is 22.6. The molecule has 1 saturated carbocycles. The van der Waals surface area contributed by atoms with E-state index < -0.39 is 0 Å². The minimum Gasteiger partial charge on any atom is -0.325 e. The van der Waals surface area contributed by atoms with Crippen LogP contribution in [0, 0.1) is 0 Å². The van der Waals surface area contributed by atoms with E-state index in [9.17, 15) is 4.79 Å². The fourth-order valence-corrected chi connectivity index (χ4v) is 4.79. The average molecular weight is 426 g/mol. The third kappa shape index (κ3) is 5.09. The highest BCUT2D eigenvalue weighted by Gasteiger charge is 2.37. The van der Waals surface area contributed by atoms with Crippen LogP contribution in [-0.4, -0.2) is 28.1 Å². The quantitative estimate of drug-likeness (QED) is 0.656. The molecule has 1 N–H and O–H groups in total. The van der Waals surface area contributed by atoms with Crippen molar-refractivity contribution in [3.05, 3.63) is 65.2 Å². The number of halogens is 1. The lowest BCUT2D eigenvalue weighted by Gasteiger charge is -2.20. The molecule has 0 aromatic heterocycles. The van der Waals surface area contributed by atoms with Gasteiger partial charge in [0.15, 0.2) is 5.66 Å². The number of thioether (sulfide) groups is 1. The van der Waals surface area contributed by atoms with E-state index in [1.54, 1.807) is 24.3 Å².